The summed E-state index contributed by atoms with van der Waals surface area (Å²) >= 11 is 12.1. The monoisotopic (exact) mass is 408 g/mol. The molecule has 0 unspecified atom stereocenters. The fourth-order valence-corrected chi connectivity index (χ4v) is 3.35. The normalized spacial score (nSPS) is 10.8. The number of carbonyl (C=O) groups is 2. The molecule has 138 valence electrons. The second-order valence-electron chi connectivity index (χ2n) is 6.21. The number of rotatable bonds is 3. The minimum atomic E-state index is -0.376. The van der Waals surface area contributed by atoms with Crippen molar-refractivity contribution in [3.8, 4) is 0 Å². The Labute approximate surface area is 171 Å². The first-order chi connectivity index (χ1) is 13.5. The molecule has 3 aromatic carbocycles. The van der Waals surface area contributed by atoms with Gasteiger partial charge in [-0.1, -0.05) is 47.5 Å². The molecular weight excluding hydrogens is 395 g/mol. The first-order valence-corrected chi connectivity index (χ1v) is 9.26. The average molecular weight is 409 g/mol. The molecule has 1 N–H and O–H groups in total. The lowest BCUT2D eigenvalue weighted by molar-refractivity contribution is 0.0964. The van der Waals surface area contributed by atoms with Crippen LogP contribution in [0.3, 0.4) is 0 Å². The van der Waals surface area contributed by atoms with E-state index in [1.54, 1.807) is 47.2 Å². The van der Waals surface area contributed by atoms with E-state index in [9.17, 15) is 9.59 Å². The van der Waals surface area contributed by atoms with Crippen molar-refractivity contribution in [2.24, 2.45) is 0 Å². The Balaban J connectivity index is 1.67. The Hall–Kier alpha value is -3.08. The van der Waals surface area contributed by atoms with Crippen LogP contribution in [0.1, 0.15) is 20.7 Å². The van der Waals surface area contributed by atoms with Crippen LogP contribution >= 0.6 is 23.2 Å². The molecule has 4 rings (SSSR count). The van der Waals surface area contributed by atoms with Crippen molar-refractivity contribution in [3.05, 3.63) is 100 Å². The van der Waals surface area contributed by atoms with Gasteiger partial charge in [0.1, 0.15) is 0 Å². The van der Waals surface area contributed by atoms with E-state index in [-0.39, 0.29) is 17.4 Å². The Morgan fingerprint density at radius 3 is 2.43 bits per heavy atom. The van der Waals surface area contributed by atoms with Gasteiger partial charge in [-0.3, -0.25) is 14.2 Å². The van der Waals surface area contributed by atoms with E-state index in [4.69, 9.17) is 23.2 Å². The van der Waals surface area contributed by atoms with Crippen LogP contribution in [0.15, 0.2) is 79.0 Å². The van der Waals surface area contributed by atoms with Crippen LogP contribution in [0.2, 0.25) is 10.0 Å². The number of carbonyl (C=O) groups excluding carboxylic acids is 2. The predicted octanol–water partition coefficient (Wildman–Crippen LogP) is 5.89. The fraction of sp³-hybridized carbons (Fsp3) is 0. The number of halogens is 2. The molecule has 0 aliphatic heterocycles. The first-order valence-electron chi connectivity index (χ1n) is 8.50. The fourth-order valence-electron chi connectivity index (χ4n) is 2.97. The maximum absolute atomic E-state index is 12.8. The maximum atomic E-state index is 12.8. The summed E-state index contributed by atoms with van der Waals surface area (Å²) in [6.45, 7) is 0. The minimum absolute atomic E-state index is 0.142. The molecule has 0 atom stereocenters. The van der Waals surface area contributed by atoms with Gasteiger partial charge >= 0.3 is 0 Å². The van der Waals surface area contributed by atoms with Gasteiger partial charge in [0.05, 0.1) is 16.1 Å². The quantitative estimate of drug-likeness (QED) is 0.459. The smallest absolute Gasteiger partial charge is 0.262 e. The van der Waals surface area contributed by atoms with E-state index in [2.05, 4.69) is 5.32 Å². The number of hydrogen-bond acceptors (Lipinski definition) is 2. The molecule has 0 fully saturated rings. The predicted molar refractivity (Wildman–Crippen MR) is 113 cm³/mol. The molecule has 0 aliphatic carbocycles. The summed E-state index contributed by atoms with van der Waals surface area (Å²) in [5, 5.41) is 4.43. The van der Waals surface area contributed by atoms with E-state index in [1.807, 2.05) is 30.3 Å². The van der Waals surface area contributed by atoms with E-state index in [1.165, 1.54) is 6.07 Å². The van der Waals surface area contributed by atoms with Crippen molar-refractivity contribution in [2.75, 3.05) is 5.32 Å². The Kier molecular flexibility index (Phi) is 4.90. The number of aromatic nitrogens is 1. The van der Waals surface area contributed by atoms with Gasteiger partial charge in [-0.15, -0.1) is 0 Å². The number of amides is 1. The van der Waals surface area contributed by atoms with Crippen LogP contribution in [0, 0.1) is 0 Å². The summed E-state index contributed by atoms with van der Waals surface area (Å²) < 4.78 is 1.56. The van der Waals surface area contributed by atoms with E-state index < -0.39 is 0 Å². The van der Waals surface area contributed by atoms with E-state index >= 15 is 0 Å². The van der Waals surface area contributed by atoms with Crippen molar-refractivity contribution >= 4 is 51.6 Å². The van der Waals surface area contributed by atoms with Gasteiger partial charge in [0.15, 0.2) is 0 Å². The van der Waals surface area contributed by atoms with Crippen LogP contribution in [-0.2, 0) is 0 Å². The summed E-state index contributed by atoms with van der Waals surface area (Å²) in [6.07, 6.45) is 1.72. The van der Waals surface area contributed by atoms with Crippen LogP contribution in [0.4, 0.5) is 5.69 Å². The Morgan fingerprint density at radius 1 is 0.857 bits per heavy atom. The summed E-state index contributed by atoms with van der Waals surface area (Å²) in [7, 11) is 0. The van der Waals surface area contributed by atoms with Gasteiger partial charge in [0.2, 0.25) is 0 Å². The largest absolute Gasteiger partial charge is 0.322 e. The summed E-state index contributed by atoms with van der Waals surface area (Å²) in [6, 6.07) is 21.0. The minimum Gasteiger partial charge on any atom is -0.322 e. The third-order valence-electron chi connectivity index (χ3n) is 4.36. The molecular formula is C22H14Cl2N2O2. The molecule has 1 amide bonds. The molecule has 0 aliphatic rings. The second-order valence-corrected chi connectivity index (χ2v) is 7.05. The van der Waals surface area contributed by atoms with Crippen molar-refractivity contribution < 1.29 is 9.59 Å². The highest BCUT2D eigenvalue weighted by molar-refractivity contribution is 6.36. The van der Waals surface area contributed by atoms with Crippen LogP contribution < -0.4 is 5.32 Å². The number of benzene rings is 3. The number of fused-ring (bicyclic) bond motifs is 1. The SMILES string of the molecule is O=C(Nc1ccc2ccn(C(=O)c3ccccc3)c2c1)c1cc(Cl)ccc1Cl. The molecule has 28 heavy (non-hydrogen) atoms. The highest BCUT2D eigenvalue weighted by Gasteiger charge is 2.14. The molecule has 1 aromatic heterocycles. The van der Waals surface area contributed by atoms with Crippen molar-refractivity contribution in [2.45, 2.75) is 0 Å². The molecule has 0 saturated carbocycles. The van der Waals surface area contributed by atoms with E-state index in [0.717, 1.165) is 5.39 Å². The molecule has 6 heteroatoms. The maximum Gasteiger partial charge on any atom is 0.262 e. The van der Waals surface area contributed by atoms with Crippen molar-refractivity contribution in [1.82, 2.24) is 4.57 Å². The third-order valence-corrected chi connectivity index (χ3v) is 4.93. The zero-order valence-electron chi connectivity index (χ0n) is 14.5. The highest BCUT2D eigenvalue weighted by Crippen LogP contribution is 2.24. The van der Waals surface area contributed by atoms with Crippen molar-refractivity contribution in [1.29, 1.82) is 0 Å². The molecule has 4 aromatic rings. The van der Waals surface area contributed by atoms with Gasteiger partial charge in [-0.05, 0) is 48.5 Å². The average Bonchev–Trinajstić information content (AvgIpc) is 3.13. The number of nitrogens with one attached hydrogen (secondary N) is 1. The lowest BCUT2D eigenvalue weighted by atomic mass is 10.2. The van der Waals surface area contributed by atoms with Gasteiger partial charge < -0.3 is 5.32 Å². The lowest BCUT2D eigenvalue weighted by Gasteiger charge is -2.09. The van der Waals surface area contributed by atoms with Gasteiger partial charge in [-0.2, -0.15) is 0 Å². The number of hydrogen-bond donors (Lipinski definition) is 1. The number of nitrogens with zero attached hydrogens (tertiary/aromatic N) is 1. The summed E-state index contributed by atoms with van der Waals surface area (Å²) in [5.41, 5.74) is 2.11. The lowest BCUT2D eigenvalue weighted by Crippen LogP contribution is -2.13. The Bertz CT molecular complexity index is 1200. The number of anilines is 1. The molecule has 0 spiro atoms. The molecule has 0 saturated heterocycles. The van der Waals surface area contributed by atoms with Gasteiger partial charge in [0.25, 0.3) is 11.8 Å². The summed E-state index contributed by atoms with van der Waals surface area (Å²) in [4.78, 5) is 25.4. The van der Waals surface area contributed by atoms with Crippen LogP contribution in [0.25, 0.3) is 10.9 Å². The standard InChI is InChI=1S/C22H14Cl2N2O2/c23-16-7-9-19(24)18(12-16)21(27)25-17-8-6-14-10-11-26(20(14)13-17)22(28)15-4-2-1-3-5-15/h1-13H,(H,25,27). The van der Waals surface area contributed by atoms with Gasteiger partial charge in [-0.25, -0.2) is 0 Å². The Morgan fingerprint density at radius 2 is 1.64 bits per heavy atom. The zero-order chi connectivity index (χ0) is 19.7. The molecule has 1 heterocycles. The third kappa shape index (κ3) is 3.52. The molecule has 0 bridgehead atoms. The summed E-state index contributed by atoms with van der Waals surface area (Å²) in [5.74, 6) is -0.517. The first kappa shape index (κ1) is 18.3. The van der Waals surface area contributed by atoms with E-state index in [0.29, 0.717) is 26.8 Å². The van der Waals surface area contributed by atoms with Gasteiger partial charge in [0, 0.05) is 27.9 Å². The molecule has 0 radical (unpaired) electrons. The zero-order valence-corrected chi connectivity index (χ0v) is 16.0. The van der Waals surface area contributed by atoms with Crippen LogP contribution in [-0.4, -0.2) is 16.4 Å². The topological polar surface area (TPSA) is 51.1 Å². The highest BCUT2D eigenvalue weighted by atomic mass is 35.5. The molecule has 4 nitrogen and oxygen atoms in total. The second kappa shape index (κ2) is 7.50. The van der Waals surface area contributed by atoms with Crippen LogP contribution in [0.5, 0.6) is 0 Å². The van der Waals surface area contributed by atoms with Crippen molar-refractivity contribution in [3.63, 3.8) is 0 Å².